The van der Waals surface area contributed by atoms with Crippen LogP contribution in [0, 0.1) is 0 Å². The molecule has 2 heterocycles. The Bertz CT molecular complexity index is 738. The summed E-state index contributed by atoms with van der Waals surface area (Å²) >= 11 is 0. The minimum atomic E-state index is -0.351. The highest BCUT2D eigenvalue weighted by molar-refractivity contribution is 5.94. The number of carbonyl (C=O) groups is 3. The minimum Gasteiger partial charge on any atom is -0.462 e. The van der Waals surface area contributed by atoms with Gasteiger partial charge in [0.15, 0.2) is 0 Å². The number of nitrogens with zero attached hydrogens (tertiary/aromatic N) is 3. The van der Waals surface area contributed by atoms with Gasteiger partial charge in [0.2, 0.25) is 11.8 Å². The topological polar surface area (TPSA) is 82.2 Å². The quantitative estimate of drug-likeness (QED) is 0.634. The second-order valence-electron chi connectivity index (χ2n) is 8.26. The number of rotatable bonds is 8. The van der Waals surface area contributed by atoms with Crippen LogP contribution in [0.25, 0.3) is 0 Å². The second-order valence-corrected chi connectivity index (χ2v) is 8.26. The number of nitrogens with one attached hydrogen (secondary N) is 1. The number of piperidine rings is 1. The lowest BCUT2D eigenvalue weighted by Crippen LogP contribution is -2.51. The Morgan fingerprint density at radius 2 is 1.48 bits per heavy atom. The van der Waals surface area contributed by atoms with Crippen LogP contribution in [0.15, 0.2) is 24.3 Å². The van der Waals surface area contributed by atoms with E-state index in [2.05, 4.69) is 15.1 Å². The molecule has 8 nitrogen and oxygen atoms in total. The lowest BCUT2D eigenvalue weighted by molar-refractivity contribution is -0.134. The van der Waals surface area contributed by atoms with E-state index in [-0.39, 0.29) is 17.8 Å². The van der Waals surface area contributed by atoms with Gasteiger partial charge in [-0.2, -0.15) is 0 Å². The molecule has 170 valence electrons. The average molecular weight is 431 g/mol. The molecule has 0 atom stereocenters. The molecule has 2 aliphatic heterocycles. The van der Waals surface area contributed by atoms with Gasteiger partial charge in [0.1, 0.15) is 0 Å². The number of anilines is 1. The Labute approximate surface area is 184 Å². The van der Waals surface area contributed by atoms with Gasteiger partial charge in [-0.1, -0.05) is 6.92 Å². The van der Waals surface area contributed by atoms with Crippen LogP contribution in [0.3, 0.4) is 0 Å². The lowest BCUT2D eigenvalue weighted by atomic mass is 10.1. The first kappa shape index (κ1) is 23.2. The van der Waals surface area contributed by atoms with Crippen molar-refractivity contribution in [2.45, 2.75) is 32.6 Å². The summed E-state index contributed by atoms with van der Waals surface area (Å²) in [5, 5.41) is 2.88. The molecule has 0 spiro atoms. The minimum absolute atomic E-state index is 0.0841. The predicted octanol–water partition coefficient (Wildman–Crippen LogP) is 1.82. The van der Waals surface area contributed by atoms with Gasteiger partial charge in [-0.25, -0.2) is 4.79 Å². The zero-order valence-electron chi connectivity index (χ0n) is 18.5. The molecule has 1 aromatic carbocycles. The number of benzene rings is 1. The van der Waals surface area contributed by atoms with Crippen molar-refractivity contribution in [2.24, 2.45) is 0 Å². The molecule has 3 rings (SSSR count). The van der Waals surface area contributed by atoms with Crippen LogP contribution in [-0.4, -0.2) is 91.4 Å². The van der Waals surface area contributed by atoms with Crippen molar-refractivity contribution in [3.63, 3.8) is 0 Å². The van der Waals surface area contributed by atoms with Crippen molar-refractivity contribution in [3.05, 3.63) is 29.8 Å². The maximum Gasteiger partial charge on any atom is 0.338 e. The summed E-state index contributed by atoms with van der Waals surface area (Å²) in [4.78, 5) is 42.9. The molecule has 31 heavy (non-hydrogen) atoms. The van der Waals surface area contributed by atoms with Crippen LogP contribution >= 0.6 is 0 Å². The van der Waals surface area contributed by atoms with E-state index in [9.17, 15) is 14.4 Å². The van der Waals surface area contributed by atoms with E-state index < -0.39 is 0 Å². The highest BCUT2D eigenvalue weighted by atomic mass is 16.5. The Kier molecular flexibility index (Phi) is 8.85. The summed E-state index contributed by atoms with van der Waals surface area (Å²) in [6.45, 7) is 8.04. The second kappa shape index (κ2) is 11.8. The molecule has 2 saturated heterocycles. The Balaban J connectivity index is 1.37. The third kappa shape index (κ3) is 7.33. The van der Waals surface area contributed by atoms with E-state index in [1.54, 1.807) is 24.3 Å². The number of amides is 2. The molecule has 0 radical (unpaired) electrons. The molecule has 2 aliphatic rings. The van der Waals surface area contributed by atoms with Crippen LogP contribution < -0.4 is 5.32 Å². The number of likely N-dealkylation sites (tertiary alicyclic amines) is 1. The average Bonchev–Trinajstić information content (AvgIpc) is 2.79. The third-order valence-electron chi connectivity index (χ3n) is 5.74. The number of hydrogen-bond acceptors (Lipinski definition) is 6. The van der Waals surface area contributed by atoms with Gasteiger partial charge in [-0.3, -0.25) is 19.4 Å². The molecule has 0 unspecified atom stereocenters. The van der Waals surface area contributed by atoms with Crippen LogP contribution in [0.4, 0.5) is 5.69 Å². The normalized spacial score (nSPS) is 17.9. The largest absolute Gasteiger partial charge is 0.462 e. The van der Waals surface area contributed by atoms with Gasteiger partial charge < -0.3 is 15.0 Å². The monoisotopic (exact) mass is 430 g/mol. The lowest BCUT2D eigenvalue weighted by Gasteiger charge is -2.35. The fraction of sp³-hybridized carbons (Fsp3) is 0.609. The molecule has 2 amide bonds. The molecular weight excluding hydrogens is 396 g/mol. The summed E-state index contributed by atoms with van der Waals surface area (Å²) in [5.41, 5.74) is 1.13. The van der Waals surface area contributed by atoms with Gasteiger partial charge in [0.25, 0.3) is 0 Å². The predicted molar refractivity (Wildman–Crippen MR) is 119 cm³/mol. The Hall–Kier alpha value is -2.45. The fourth-order valence-electron chi connectivity index (χ4n) is 3.91. The highest BCUT2D eigenvalue weighted by Crippen LogP contribution is 2.12. The zero-order valence-corrected chi connectivity index (χ0v) is 18.5. The molecule has 0 aliphatic carbocycles. The van der Waals surface area contributed by atoms with Gasteiger partial charge in [-0.15, -0.1) is 0 Å². The zero-order chi connectivity index (χ0) is 22.1. The van der Waals surface area contributed by atoms with Crippen molar-refractivity contribution >= 4 is 23.5 Å². The first-order chi connectivity index (χ1) is 15.0. The van der Waals surface area contributed by atoms with E-state index in [1.165, 1.54) is 6.42 Å². The smallest absolute Gasteiger partial charge is 0.338 e. The first-order valence-electron chi connectivity index (χ1n) is 11.3. The summed E-state index contributed by atoms with van der Waals surface area (Å²) in [7, 11) is 0. The van der Waals surface area contributed by atoms with Crippen molar-refractivity contribution < 1.29 is 19.1 Å². The van der Waals surface area contributed by atoms with Crippen LogP contribution in [0.1, 0.15) is 43.0 Å². The number of ether oxygens (including phenoxy) is 1. The molecule has 8 heteroatoms. The fourth-order valence-corrected chi connectivity index (χ4v) is 3.91. The molecule has 2 fully saturated rings. The van der Waals surface area contributed by atoms with Crippen molar-refractivity contribution in [1.82, 2.24) is 14.7 Å². The summed E-state index contributed by atoms with van der Waals surface area (Å²) in [5.74, 6) is -0.205. The van der Waals surface area contributed by atoms with Crippen molar-refractivity contribution in [1.29, 1.82) is 0 Å². The Morgan fingerprint density at radius 1 is 0.871 bits per heavy atom. The van der Waals surface area contributed by atoms with Crippen LogP contribution in [0.5, 0.6) is 0 Å². The molecule has 1 N–H and O–H groups in total. The maximum atomic E-state index is 12.4. The van der Waals surface area contributed by atoms with Gasteiger partial charge in [-0.05, 0) is 49.9 Å². The van der Waals surface area contributed by atoms with E-state index >= 15 is 0 Å². The highest BCUT2D eigenvalue weighted by Gasteiger charge is 2.23. The molecule has 0 bridgehead atoms. The van der Waals surface area contributed by atoms with Crippen molar-refractivity contribution in [3.8, 4) is 0 Å². The van der Waals surface area contributed by atoms with Gasteiger partial charge >= 0.3 is 5.97 Å². The SMILES string of the molecule is CCCOC(=O)c1ccc(NC(=O)CN2CCN(CC(=O)N3CCCCC3)CC2)cc1. The van der Waals surface area contributed by atoms with Gasteiger partial charge in [0.05, 0.1) is 25.3 Å². The van der Waals surface area contributed by atoms with Crippen LogP contribution in [-0.2, 0) is 14.3 Å². The summed E-state index contributed by atoms with van der Waals surface area (Å²) in [6.07, 6.45) is 4.23. The Morgan fingerprint density at radius 3 is 2.10 bits per heavy atom. The summed E-state index contributed by atoms with van der Waals surface area (Å²) < 4.78 is 5.11. The van der Waals surface area contributed by atoms with E-state index in [0.717, 1.165) is 58.5 Å². The maximum absolute atomic E-state index is 12.4. The van der Waals surface area contributed by atoms with E-state index in [1.807, 2.05) is 11.8 Å². The molecular formula is C23H34N4O4. The number of hydrogen-bond donors (Lipinski definition) is 1. The number of piperazine rings is 1. The van der Waals surface area contributed by atoms with Crippen LogP contribution in [0.2, 0.25) is 0 Å². The van der Waals surface area contributed by atoms with E-state index in [4.69, 9.17) is 4.74 Å². The van der Waals surface area contributed by atoms with Crippen molar-refractivity contribution in [2.75, 3.05) is 64.3 Å². The first-order valence-corrected chi connectivity index (χ1v) is 11.3. The standard InChI is InChI=1S/C23H34N4O4/c1-2-16-31-23(30)19-6-8-20(9-7-19)24-21(28)17-25-12-14-26(15-13-25)18-22(29)27-10-4-3-5-11-27/h6-9H,2-5,10-18H2,1H3,(H,24,28). The molecule has 0 saturated carbocycles. The summed E-state index contributed by atoms with van der Waals surface area (Å²) in [6, 6.07) is 6.74. The molecule has 1 aromatic rings. The number of carbonyl (C=O) groups excluding carboxylic acids is 3. The van der Waals surface area contributed by atoms with E-state index in [0.29, 0.717) is 30.9 Å². The number of esters is 1. The third-order valence-corrected chi connectivity index (χ3v) is 5.74. The van der Waals surface area contributed by atoms with Gasteiger partial charge in [0, 0.05) is 45.0 Å². The molecule has 0 aromatic heterocycles.